The Balaban J connectivity index is 1.63. The molecule has 1 aliphatic carbocycles. The summed E-state index contributed by atoms with van der Waals surface area (Å²) >= 11 is 0. The monoisotopic (exact) mass is 455 g/mol. The van der Waals surface area contributed by atoms with E-state index in [2.05, 4.69) is 22.7 Å². The summed E-state index contributed by atoms with van der Waals surface area (Å²) in [4.78, 5) is 9.18. The van der Waals surface area contributed by atoms with Crippen LogP contribution in [0.4, 0.5) is 10.2 Å². The Kier molecular flexibility index (Phi) is 4.86. The number of hydrogen-bond acceptors (Lipinski definition) is 5. The van der Waals surface area contributed by atoms with Crippen molar-refractivity contribution in [1.29, 1.82) is 0 Å². The number of nitrogens with two attached hydrogens (primary N) is 1. The van der Waals surface area contributed by atoms with Crippen LogP contribution in [0.1, 0.15) is 48.3 Å². The van der Waals surface area contributed by atoms with Crippen LogP contribution in [0.2, 0.25) is 0 Å². The quantitative estimate of drug-likeness (QED) is 0.432. The van der Waals surface area contributed by atoms with Crippen LogP contribution in [0.5, 0.6) is 5.75 Å². The fraction of sp³-hybridized carbons (Fsp3) is 0.296. The van der Waals surface area contributed by atoms with Gasteiger partial charge in [0.05, 0.1) is 17.1 Å². The highest BCUT2D eigenvalue weighted by molar-refractivity contribution is 5.72. The molecule has 2 bridgehead atoms. The first-order chi connectivity index (χ1) is 16.5. The Hall–Kier alpha value is -3.74. The second-order valence-electron chi connectivity index (χ2n) is 9.32. The van der Waals surface area contributed by atoms with Crippen LogP contribution >= 0.6 is 0 Å². The van der Waals surface area contributed by atoms with Crippen molar-refractivity contribution in [2.24, 2.45) is 5.92 Å². The molecule has 172 valence electrons. The van der Waals surface area contributed by atoms with Crippen LogP contribution in [0.3, 0.4) is 0 Å². The highest BCUT2D eigenvalue weighted by atomic mass is 19.1. The van der Waals surface area contributed by atoms with E-state index in [0.29, 0.717) is 29.5 Å². The number of hydrogen-bond donors (Lipinski definition) is 1. The van der Waals surface area contributed by atoms with Crippen LogP contribution in [0.25, 0.3) is 22.5 Å². The van der Waals surface area contributed by atoms with Crippen molar-refractivity contribution in [3.05, 3.63) is 77.0 Å². The predicted molar refractivity (Wildman–Crippen MR) is 129 cm³/mol. The van der Waals surface area contributed by atoms with Gasteiger partial charge in [0.2, 0.25) is 0 Å². The summed E-state index contributed by atoms with van der Waals surface area (Å²) < 4.78 is 22.8. The number of anilines is 1. The highest BCUT2D eigenvalue weighted by Crippen LogP contribution is 2.40. The molecule has 34 heavy (non-hydrogen) atoms. The molecule has 2 aliphatic rings. The SMILES string of the molecule is Cc1nn(CC2CC2)c2c1Cc1cccnc1-c1ccc(F)cc1[C@@H](C)Oc1cc-2cnc1N. The largest absolute Gasteiger partial charge is 0.482 e. The fourth-order valence-electron chi connectivity index (χ4n) is 4.86. The number of rotatable bonds is 2. The lowest BCUT2D eigenvalue weighted by Crippen LogP contribution is -2.11. The molecule has 6 nitrogen and oxygen atoms in total. The topological polar surface area (TPSA) is 78.8 Å². The highest BCUT2D eigenvalue weighted by Gasteiger charge is 2.28. The summed E-state index contributed by atoms with van der Waals surface area (Å²) in [6.45, 7) is 4.83. The molecule has 1 atom stereocenters. The van der Waals surface area contributed by atoms with E-state index in [1.165, 1.54) is 25.0 Å². The zero-order valence-corrected chi connectivity index (χ0v) is 19.3. The van der Waals surface area contributed by atoms with E-state index in [9.17, 15) is 4.39 Å². The Morgan fingerprint density at radius 2 is 2.03 bits per heavy atom. The third-order valence-corrected chi connectivity index (χ3v) is 6.80. The Labute approximate surface area is 197 Å². The number of halogens is 1. The van der Waals surface area contributed by atoms with Crippen LogP contribution in [-0.2, 0) is 13.0 Å². The molecular formula is C27H26FN5O. The molecule has 4 heterocycles. The maximum Gasteiger partial charge on any atom is 0.166 e. The van der Waals surface area contributed by atoms with Gasteiger partial charge in [-0.25, -0.2) is 9.37 Å². The summed E-state index contributed by atoms with van der Waals surface area (Å²) in [6.07, 6.45) is 6.23. The van der Waals surface area contributed by atoms with Crippen LogP contribution in [0.15, 0.2) is 48.8 Å². The van der Waals surface area contributed by atoms with Gasteiger partial charge in [0.25, 0.3) is 0 Å². The Morgan fingerprint density at radius 1 is 1.18 bits per heavy atom. The van der Waals surface area contributed by atoms with Gasteiger partial charge >= 0.3 is 0 Å². The molecular weight excluding hydrogens is 429 g/mol. The van der Waals surface area contributed by atoms with Gasteiger partial charge in [-0.3, -0.25) is 9.67 Å². The van der Waals surface area contributed by atoms with Crippen LogP contribution in [0, 0.1) is 18.7 Å². The summed E-state index contributed by atoms with van der Waals surface area (Å²) in [5.74, 6) is 1.12. The Morgan fingerprint density at radius 3 is 2.85 bits per heavy atom. The molecule has 7 heteroatoms. The van der Waals surface area contributed by atoms with Crippen molar-refractivity contribution < 1.29 is 9.13 Å². The zero-order valence-electron chi connectivity index (χ0n) is 19.3. The first kappa shape index (κ1) is 20.8. The van der Waals surface area contributed by atoms with E-state index < -0.39 is 6.10 Å². The van der Waals surface area contributed by atoms with Crippen molar-refractivity contribution in [3.63, 3.8) is 0 Å². The van der Waals surface area contributed by atoms with Gasteiger partial charge < -0.3 is 10.5 Å². The van der Waals surface area contributed by atoms with Crippen LogP contribution < -0.4 is 10.5 Å². The third-order valence-electron chi connectivity index (χ3n) is 6.80. The normalized spacial score (nSPS) is 17.0. The van der Waals surface area contributed by atoms with Gasteiger partial charge in [-0.1, -0.05) is 6.07 Å². The van der Waals surface area contributed by atoms with Gasteiger partial charge in [-0.2, -0.15) is 5.10 Å². The van der Waals surface area contributed by atoms with Crippen LogP contribution in [-0.4, -0.2) is 19.7 Å². The van der Waals surface area contributed by atoms with E-state index >= 15 is 0 Å². The van der Waals surface area contributed by atoms with Crippen molar-refractivity contribution in [2.45, 2.75) is 45.8 Å². The van der Waals surface area contributed by atoms with Crippen molar-refractivity contribution in [3.8, 4) is 28.3 Å². The summed E-state index contributed by atoms with van der Waals surface area (Å²) in [5.41, 5.74) is 13.7. The lowest BCUT2D eigenvalue weighted by molar-refractivity contribution is 0.227. The van der Waals surface area contributed by atoms with Gasteiger partial charge in [0, 0.05) is 47.6 Å². The van der Waals surface area contributed by atoms with E-state index in [0.717, 1.165) is 45.9 Å². The number of aryl methyl sites for hydroxylation is 1. The third kappa shape index (κ3) is 3.61. The molecule has 0 amide bonds. The lowest BCUT2D eigenvalue weighted by atomic mass is 9.92. The van der Waals surface area contributed by atoms with E-state index in [1.54, 1.807) is 18.5 Å². The van der Waals surface area contributed by atoms with Gasteiger partial charge in [0.15, 0.2) is 11.6 Å². The van der Waals surface area contributed by atoms with Crippen molar-refractivity contribution >= 4 is 5.82 Å². The predicted octanol–water partition coefficient (Wildman–Crippen LogP) is 5.49. The molecule has 1 aromatic carbocycles. The van der Waals surface area contributed by atoms with E-state index in [1.807, 2.05) is 19.1 Å². The summed E-state index contributed by atoms with van der Waals surface area (Å²) in [6, 6.07) is 10.7. The number of nitrogen functional groups attached to an aromatic ring is 1. The average Bonchev–Trinajstić information content (AvgIpc) is 3.58. The van der Waals surface area contributed by atoms with Gasteiger partial charge in [0.1, 0.15) is 11.9 Å². The first-order valence-electron chi connectivity index (χ1n) is 11.7. The van der Waals surface area contributed by atoms with Crippen molar-refractivity contribution in [1.82, 2.24) is 19.7 Å². The molecule has 0 unspecified atom stereocenters. The molecule has 6 rings (SSSR count). The van der Waals surface area contributed by atoms with Gasteiger partial charge in [-0.15, -0.1) is 0 Å². The summed E-state index contributed by atoms with van der Waals surface area (Å²) in [7, 11) is 0. The Bertz CT molecular complexity index is 1410. The number of nitrogens with zero attached hydrogens (tertiary/aromatic N) is 4. The molecule has 2 N–H and O–H groups in total. The number of pyridine rings is 2. The zero-order chi connectivity index (χ0) is 23.4. The standard InChI is InChI=1S/C27H26FN5O/c1-15-22-10-18-4-3-9-30-25(18)21-8-7-20(28)12-23(21)16(2)34-24-11-19(13-31-27(24)29)26(22)33(32-15)14-17-5-6-17/h3-4,7-9,11-13,16-17H,5-6,10,14H2,1-2H3,(H2,29,31)/t16-/m1/s1. The van der Waals surface area contributed by atoms with Gasteiger partial charge in [-0.05, 0) is 68.5 Å². The lowest BCUT2D eigenvalue weighted by Gasteiger charge is -2.22. The minimum absolute atomic E-state index is 0.302. The maximum absolute atomic E-state index is 14.3. The smallest absolute Gasteiger partial charge is 0.166 e. The molecule has 0 spiro atoms. The molecule has 1 fully saturated rings. The number of benzene rings is 1. The number of ether oxygens (including phenoxy) is 1. The molecule has 1 aliphatic heterocycles. The van der Waals surface area contributed by atoms with Crippen molar-refractivity contribution in [2.75, 3.05) is 5.73 Å². The second-order valence-corrected chi connectivity index (χ2v) is 9.32. The molecule has 0 radical (unpaired) electrons. The van der Waals surface area contributed by atoms with E-state index in [4.69, 9.17) is 20.6 Å². The fourth-order valence-corrected chi connectivity index (χ4v) is 4.86. The molecule has 3 aromatic heterocycles. The first-order valence-corrected chi connectivity index (χ1v) is 11.7. The van der Waals surface area contributed by atoms with E-state index in [-0.39, 0.29) is 5.82 Å². The average molecular weight is 456 g/mol. The summed E-state index contributed by atoms with van der Waals surface area (Å²) in [5, 5.41) is 4.93. The maximum atomic E-state index is 14.3. The second kappa shape index (κ2) is 7.94. The molecule has 4 aromatic rings. The minimum Gasteiger partial charge on any atom is -0.482 e. The number of fused-ring (bicyclic) bond motifs is 7. The molecule has 1 saturated carbocycles. The number of aromatic nitrogens is 4. The molecule has 0 saturated heterocycles. The minimum atomic E-state index is -0.461.